The Labute approximate surface area is 96.0 Å². The van der Waals surface area contributed by atoms with Gasteiger partial charge in [-0.25, -0.2) is 0 Å². The summed E-state index contributed by atoms with van der Waals surface area (Å²) >= 11 is 0. The molecule has 16 heavy (non-hydrogen) atoms. The van der Waals surface area contributed by atoms with Crippen LogP contribution in [0, 0.1) is 0 Å². The second-order valence-corrected chi connectivity index (χ2v) is 4.13. The Balaban J connectivity index is 2.10. The fourth-order valence-electron chi connectivity index (χ4n) is 1.76. The Hall–Kier alpha value is -1.22. The molecular formula is C13H18O3. The van der Waals surface area contributed by atoms with Crippen LogP contribution in [0.25, 0.3) is 0 Å². The molecule has 0 bridgehead atoms. The molecule has 0 spiro atoms. The Kier molecular flexibility index (Phi) is 3.67. The van der Waals surface area contributed by atoms with E-state index in [0.29, 0.717) is 12.5 Å². The number of methoxy groups -OCH3 is 1. The van der Waals surface area contributed by atoms with Gasteiger partial charge >= 0.3 is 0 Å². The number of hydrogen-bond acceptors (Lipinski definition) is 3. The van der Waals surface area contributed by atoms with Crippen LogP contribution >= 0.6 is 0 Å². The maximum atomic E-state index is 8.87. The smallest absolute Gasteiger partial charge is 0.161 e. The maximum absolute atomic E-state index is 8.87. The highest BCUT2D eigenvalue weighted by Crippen LogP contribution is 2.32. The Morgan fingerprint density at radius 1 is 1.31 bits per heavy atom. The van der Waals surface area contributed by atoms with Crippen molar-refractivity contribution in [3.63, 3.8) is 0 Å². The van der Waals surface area contributed by atoms with Crippen molar-refractivity contribution >= 4 is 0 Å². The predicted octanol–water partition coefficient (Wildman–Crippen LogP) is 2.16. The molecule has 88 valence electrons. The molecule has 1 saturated carbocycles. The fraction of sp³-hybridized carbons (Fsp3) is 0.538. The summed E-state index contributed by atoms with van der Waals surface area (Å²) in [7, 11) is 1.64. The first-order valence-electron chi connectivity index (χ1n) is 5.78. The van der Waals surface area contributed by atoms with Gasteiger partial charge in [0.1, 0.15) is 0 Å². The van der Waals surface area contributed by atoms with E-state index in [4.69, 9.17) is 14.6 Å². The molecule has 0 heterocycles. The zero-order valence-corrected chi connectivity index (χ0v) is 9.61. The van der Waals surface area contributed by atoms with E-state index in [0.717, 1.165) is 29.9 Å². The summed E-state index contributed by atoms with van der Waals surface area (Å²) in [6.07, 6.45) is 4.55. The maximum Gasteiger partial charge on any atom is 0.161 e. The first-order valence-corrected chi connectivity index (χ1v) is 5.78. The third kappa shape index (κ3) is 2.47. The van der Waals surface area contributed by atoms with Gasteiger partial charge in [0, 0.05) is 6.61 Å². The molecule has 0 radical (unpaired) electrons. The van der Waals surface area contributed by atoms with Crippen molar-refractivity contribution in [1.82, 2.24) is 0 Å². The number of hydrogen-bond donors (Lipinski definition) is 1. The molecule has 0 atom stereocenters. The van der Waals surface area contributed by atoms with Crippen LogP contribution < -0.4 is 9.47 Å². The molecule has 1 aliphatic carbocycles. The lowest BCUT2D eigenvalue weighted by Gasteiger charge is -2.27. The van der Waals surface area contributed by atoms with Crippen LogP contribution in [0.5, 0.6) is 11.5 Å². The summed E-state index contributed by atoms with van der Waals surface area (Å²) in [6.45, 7) is 0.159. The highest BCUT2D eigenvalue weighted by atomic mass is 16.5. The Bertz CT molecular complexity index is 345. The number of aliphatic hydroxyl groups excluding tert-OH is 1. The highest BCUT2D eigenvalue weighted by Gasteiger charge is 2.20. The van der Waals surface area contributed by atoms with Gasteiger partial charge in [0.2, 0.25) is 0 Å². The van der Waals surface area contributed by atoms with Crippen LogP contribution in [0.15, 0.2) is 18.2 Å². The van der Waals surface area contributed by atoms with Crippen molar-refractivity contribution < 1.29 is 14.6 Å². The average Bonchev–Trinajstić information content (AvgIpc) is 2.25. The molecule has 0 aliphatic heterocycles. The van der Waals surface area contributed by atoms with Gasteiger partial charge in [-0.1, -0.05) is 6.07 Å². The van der Waals surface area contributed by atoms with E-state index < -0.39 is 0 Å². The normalized spacial score (nSPS) is 15.6. The van der Waals surface area contributed by atoms with Crippen molar-refractivity contribution in [2.75, 3.05) is 13.7 Å². The monoisotopic (exact) mass is 222 g/mol. The van der Waals surface area contributed by atoms with E-state index in [-0.39, 0.29) is 6.61 Å². The number of ether oxygens (including phenoxy) is 2. The van der Waals surface area contributed by atoms with Crippen molar-refractivity contribution in [3.05, 3.63) is 23.8 Å². The van der Waals surface area contributed by atoms with Gasteiger partial charge in [0.25, 0.3) is 0 Å². The molecule has 0 aromatic heterocycles. The topological polar surface area (TPSA) is 38.7 Å². The highest BCUT2D eigenvalue weighted by molar-refractivity contribution is 5.43. The zero-order valence-electron chi connectivity index (χ0n) is 9.61. The summed E-state index contributed by atoms with van der Waals surface area (Å²) in [5, 5.41) is 8.87. The summed E-state index contributed by atoms with van der Waals surface area (Å²) < 4.78 is 11.1. The van der Waals surface area contributed by atoms with Crippen molar-refractivity contribution in [3.8, 4) is 11.5 Å². The van der Waals surface area contributed by atoms with Gasteiger partial charge in [-0.15, -0.1) is 0 Å². The first-order chi connectivity index (χ1) is 7.83. The molecular weight excluding hydrogens is 204 g/mol. The van der Waals surface area contributed by atoms with Crippen molar-refractivity contribution in [2.24, 2.45) is 0 Å². The summed E-state index contributed by atoms with van der Waals surface area (Å²) in [5.41, 5.74) is 1.07. The molecule has 1 N–H and O–H groups in total. The van der Waals surface area contributed by atoms with Crippen LogP contribution in [-0.4, -0.2) is 24.9 Å². The molecule has 3 nitrogen and oxygen atoms in total. The van der Waals surface area contributed by atoms with Gasteiger partial charge < -0.3 is 14.6 Å². The second kappa shape index (κ2) is 5.21. The molecule has 0 unspecified atom stereocenters. The molecule has 0 amide bonds. The van der Waals surface area contributed by atoms with E-state index in [2.05, 4.69) is 0 Å². The molecule has 2 rings (SSSR count). The van der Waals surface area contributed by atoms with E-state index in [1.807, 2.05) is 18.2 Å². The number of rotatable bonds is 5. The van der Waals surface area contributed by atoms with Gasteiger partial charge in [-0.3, -0.25) is 0 Å². The van der Waals surface area contributed by atoms with Gasteiger partial charge in [0.05, 0.1) is 13.2 Å². The first kappa shape index (κ1) is 11.3. The SMILES string of the molecule is COc1cc(CCO)ccc1OC1CCC1. The van der Waals surface area contributed by atoms with Crippen LogP contribution in [0.3, 0.4) is 0 Å². The van der Waals surface area contributed by atoms with E-state index in [1.54, 1.807) is 7.11 Å². The molecule has 3 heteroatoms. The van der Waals surface area contributed by atoms with E-state index in [9.17, 15) is 0 Å². The summed E-state index contributed by atoms with van der Waals surface area (Å²) in [5.74, 6) is 1.58. The number of benzene rings is 1. The van der Waals surface area contributed by atoms with Crippen LogP contribution in [0.1, 0.15) is 24.8 Å². The van der Waals surface area contributed by atoms with Crippen LogP contribution in [0.2, 0.25) is 0 Å². The molecule has 1 aliphatic rings. The lowest BCUT2D eigenvalue weighted by atomic mass is 9.96. The van der Waals surface area contributed by atoms with Gasteiger partial charge in [-0.05, 0) is 43.4 Å². The standard InChI is InChI=1S/C13H18O3/c1-15-13-9-10(7-8-14)5-6-12(13)16-11-3-2-4-11/h5-6,9,11,14H,2-4,7-8H2,1H3. The largest absolute Gasteiger partial charge is 0.493 e. The molecule has 1 aromatic rings. The van der Waals surface area contributed by atoms with Crippen LogP contribution in [-0.2, 0) is 6.42 Å². The lowest BCUT2D eigenvalue weighted by molar-refractivity contribution is 0.116. The zero-order chi connectivity index (χ0) is 11.4. The minimum Gasteiger partial charge on any atom is -0.493 e. The minimum absolute atomic E-state index is 0.159. The van der Waals surface area contributed by atoms with E-state index in [1.165, 1.54) is 6.42 Å². The number of aliphatic hydroxyl groups is 1. The summed E-state index contributed by atoms with van der Waals surface area (Å²) in [4.78, 5) is 0. The van der Waals surface area contributed by atoms with E-state index >= 15 is 0 Å². The third-order valence-electron chi connectivity index (χ3n) is 2.97. The van der Waals surface area contributed by atoms with Gasteiger partial charge in [0.15, 0.2) is 11.5 Å². The lowest BCUT2D eigenvalue weighted by Crippen LogP contribution is -2.24. The molecule has 1 fully saturated rings. The fourth-order valence-corrected chi connectivity index (χ4v) is 1.76. The van der Waals surface area contributed by atoms with Gasteiger partial charge in [-0.2, -0.15) is 0 Å². The average molecular weight is 222 g/mol. The molecule has 0 saturated heterocycles. The Morgan fingerprint density at radius 2 is 2.12 bits per heavy atom. The van der Waals surface area contributed by atoms with Crippen molar-refractivity contribution in [1.29, 1.82) is 0 Å². The van der Waals surface area contributed by atoms with Crippen molar-refractivity contribution in [2.45, 2.75) is 31.8 Å². The van der Waals surface area contributed by atoms with Crippen LogP contribution in [0.4, 0.5) is 0 Å². The predicted molar refractivity (Wildman–Crippen MR) is 62.1 cm³/mol. The Morgan fingerprint density at radius 3 is 2.69 bits per heavy atom. The summed E-state index contributed by atoms with van der Waals surface area (Å²) in [6, 6.07) is 5.85. The third-order valence-corrected chi connectivity index (χ3v) is 2.97. The minimum atomic E-state index is 0.159. The quantitative estimate of drug-likeness (QED) is 0.829. The molecule has 1 aromatic carbocycles. The second-order valence-electron chi connectivity index (χ2n) is 4.13.